The summed E-state index contributed by atoms with van der Waals surface area (Å²) < 4.78 is 14.8. The van der Waals surface area contributed by atoms with Gasteiger partial charge in [-0.3, -0.25) is 4.68 Å². The van der Waals surface area contributed by atoms with Crippen molar-refractivity contribution in [2.45, 2.75) is 49.3 Å². The second-order valence-corrected chi connectivity index (χ2v) is 11.2. The Bertz CT molecular complexity index is 1470. The van der Waals surface area contributed by atoms with E-state index in [2.05, 4.69) is 39.7 Å². The van der Waals surface area contributed by atoms with E-state index in [0.29, 0.717) is 23.5 Å². The zero-order valence-electron chi connectivity index (χ0n) is 22.2. The molecule has 2 fully saturated rings. The normalized spacial score (nSPS) is 22.4. The molecule has 0 bridgehead atoms. The molecule has 0 radical (unpaired) electrons. The van der Waals surface area contributed by atoms with Crippen molar-refractivity contribution in [3.05, 3.63) is 77.9 Å². The molecule has 2 saturated carbocycles. The van der Waals surface area contributed by atoms with Crippen LogP contribution in [0.3, 0.4) is 0 Å². The van der Waals surface area contributed by atoms with Gasteiger partial charge in [0.1, 0.15) is 11.3 Å². The lowest BCUT2D eigenvalue weighted by atomic mass is 9.89. The van der Waals surface area contributed by atoms with Crippen LogP contribution in [0.1, 0.15) is 65.7 Å². The van der Waals surface area contributed by atoms with Gasteiger partial charge < -0.3 is 9.47 Å². The van der Waals surface area contributed by atoms with Crippen molar-refractivity contribution in [3.8, 4) is 22.6 Å². The summed E-state index contributed by atoms with van der Waals surface area (Å²) in [6.07, 6.45) is 8.78. The Morgan fingerprint density at radius 1 is 1.05 bits per heavy atom. The first-order valence-electron chi connectivity index (χ1n) is 13.5. The van der Waals surface area contributed by atoms with Gasteiger partial charge in [0.2, 0.25) is 0 Å². The van der Waals surface area contributed by atoms with Crippen molar-refractivity contribution in [1.29, 1.82) is 0 Å². The Labute approximate surface area is 232 Å². The van der Waals surface area contributed by atoms with E-state index in [1.54, 1.807) is 10.9 Å². The predicted octanol–water partition coefficient (Wildman–Crippen LogP) is 5.90. The third-order valence-electron chi connectivity index (χ3n) is 7.87. The number of methoxy groups -OCH3 is 1. The van der Waals surface area contributed by atoms with Crippen LogP contribution in [0.5, 0.6) is 5.75 Å². The molecule has 2 atom stereocenters. The van der Waals surface area contributed by atoms with Gasteiger partial charge in [0.15, 0.2) is 0 Å². The average molecular weight is 546 g/mol. The molecule has 2 aromatic heterocycles. The quantitative estimate of drug-likeness (QED) is 0.202. The number of ether oxygens (including phenoxy) is 2. The zero-order chi connectivity index (χ0) is 26.9. The molecule has 9 heteroatoms. The Balaban J connectivity index is 1.26. The minimum absolute atomic E-state index is 0.104. The number of hydrogen-bond acceptors (Lipinski definition) is 6. The maximum atomic E-state index is 12.6. The summed E-state index contributed by atoms with van der Waals surface area (Å²) in [5.74, 6) is 1.33. The van der Waals surface area contributed by atoms with Crippen molar-refractivity contribution in [2.75, 3.05) is 13.7 Å². The fraction of sp³-hybridized carbons (Fsp3) is 0.400. The number of aryl methyl sites for hydroxylation is 1. The van der Waals surface area contributed by atoms with E-state index < -0.39 is 0 Å². The van der Waals surface area contributed by atoms with Crippen LogP contribution in [-0.4, -0.2) is 49.8 Å². The Morgan fingerprint density at radius 3 is 2.56 bits per heavy atom. The van der Waals surface area contributed by atoms with Gasteiger partial charge in [-0.25, -0.2) is 9.48 Å². The average Bonchev–Trinajstić information content (AvgIpc) is 3.42. The molecule has 0 amide bonds. The van der Waals surface area contributed by atoms with Crippen molar-refractivity contribution in [2.24, 2.45) is 13.0 Å². The third kappa shape index (κ3) is 5.43. The van der Waals surface area contributed by atoms with E-state index in [4.69, 9.17) is 21.1 Å². The van der Waals surface area contributed by atoms with Crippen molar-refractivity contribution in [3.63, 3.8) is 0 Å². The Morgan fingerprint density at radius 2 is 1.82 bits per heavy atom. The zero-order valence-corrected chi connectivity index (χ0v) is 22.9. The van der Waals surface area contributed by atoms with Gasteiger partial charge in [0, 0.05) is 30.5 Å². The van der Waals surface area contributed by atoms with Gasteiger partial charge in [0.25, 0.3) is 0 Å². The number of hydrogen-bond donors (Lipinski definition) is 0. The summed E-state index contributed by atoms with van der Waals surface area (Å²) in [4.78, 5) is 12.6. The SMILES string of the molecule is COC(=O)c1cnn(-c2cccc(-c3cccc(OCC4CCC(Cl)CC4)c3)c2)c1[C@H]1C[C@@H]1c1cn(C)nn1. The molecule has 0 N–H and O–H groups in total. The van der Waals surface area contributed by atoms with E-state index in [-0.39, 0.29) is 17.8 Å². The third-order valence-corrected chi connectivity index (χ3v) is 8.31. The molecule has 2 aliphatic rings. The highest BCUT2D eigenvalue weighted by atomic mass is 35.5. The number of carbonyl (C=O) groups is 1. The second-order valence-electron chi connectivity index (χ2n) is 10.6. The minimum atomic E-state index is -0.387. The molecule has 39 heavy (non-hydrogen) atoms. The summed E-state index contributed by atoms with van der Waals surface area (Å²) in [5, 5.41) is 13.3. The molecule has 0 aliphatic heterocycles. The van der Waals surface area contributed by atoms with E-state index in [1.807, 2.05) is 42.2 Å². The molecule has 2 aliphatic carbocycles. The van der Waals surface area contributed by atoms with Crippen molar-refractivity contribution < 1.29 is 14.3 Å². The van der Waals surface area contributed by atoms with Crippen molar-refractivity contribution >= 4 is 17.6 Å². The molecule has 2 heterocycles. The topological polar surface area (TPSA) is 84.1 Å². The maximum Gasteiger partial charge on any atom is 0.341 e. The molecule has 0 unspecified atom stereocenters. The molecule has 2 aromatic carbocycles. The number of halogens is 1. The first-order valence-corrected chi connectivity index (χ1v) is 13.9. The van der Waals surface area contributed by atoms with Gasteiger partial charge in [0.05, 0.1) is 37.0 Å². The number of aromatic nitrogens is 5. The second kappa shape index (κ2) is 10.8. The number of rotatable bonds is 8. The van der Waals surface area contributed by atoms with Crippen LogP contribution in [0.25, 0.3) is 16.8 Å². The van der Waals surface area contributed by atoms with E-state index >= 15 is 0 Å². The molecule has 202 valence electrons. The lowest BCUT2D eigenvalue weighted by molar-refractivity contribution is 0.0599. The lowest BCUT2D eigenvalue weighted by Crippen LogP contribution is -2.20. The molecule has 0 saturated heterocycles. The number of benzene rings is 2. The van der Waals surface area contributed by atoms with E-state index in [9.17, 15) is 4.79 Å². The Hall–Kier alpha value is -3.65. The molecule has 0 spiro atoms. The van der Waals surface area contributed by atoms with Crippen LogP contribution < -0.4 is 4.74 Å². The first-order chi connectivity index (χ1) is 19.0. The van der Waals surface area contributed by atoms with E-state index in [0.717, 1.165) is 66.1 Å². The maximum absolute atomic E-state index is 12.6. The highest BCUT2D eigenvalue weighted by Crippen LogP contribution is 2.55. The lowest BCUT2D eigenvalue weighted by Gasteiger charge is -2.25. The summed E-state index contributed by atoms with van der Waals surface area (Å²) in [7, 11) is 3.25. The van der Waals surface area contributed by atoms with Crippen LogP contribution >= 0.6 is 11.6 Å². The molecule has 8 nitrogen and oxygen atoms in total. The number of nitrogens with zero attached hydrogens (tertiary/aromatic N) is 5. The van der Waals surface area contributed by atoms with Gasteiger partial charge >= 0.3 is 5.97 Å². The van der Waals surface area contributed by atoms with Crippen LogP contribution in [0.4, 0.5) is 0 Å². The van der Waals surface area contributed by atoms with Crippen molar-refractivity contribution in [1.82, 2.24) is 24.8 Å². The number of esters is 1. The summed E-state index contributed by atoms with van der Waals surface area (Å²) in [5.41, 5.74) is 5.24. The van der Waals surface area contributed by atoms with Gasteiger partial charge in [-0.05, 0) is 73.4 Å². The molecular formula is C30H32ClN5O3. The van der Waals surface area contributed by atoms with Gasteiger partial charge in [-0.15, -0.1) is 16.7 Å². The molecule has 6 rings (SSSR count). The number of alkyl halides is 1. The Kier molecular flexibility index (Phi) is 7.12. The molecule has 4 aromatic rings. The minimum Gasteiger partial charge on any atom is -0.493 e. The summed E-state index contributed by atoms with van der Waals surface area (Å²) >= 11 is 6.26. The van der Waals surface area contributed by atoms with Crippen LogP contribution in [0.15, 0.2) is 60.9 Å². The predicted molar refractivity (Wildman–Crippen MR) is 149 cm³/mol. The fourth-order valence-corrected chi connectivity index (χ4v) is 5.88. The largest absolute Gasteiger partial charge is 0.493 e. The smallest absolute Gasteiger partial charge is 0.341 e. The highest BCUT2D eigenvalue weighted by molar-refractivity contribution is 6.20. The number of carbonyl (C=O) groups excluding carboxylic acids is 1. The van der Waals surface area contributed by atoms with Gasteiger partial charge in [-0.1, -0.05) is 29.5 Å². The van der Waals surface area contributed by atoms with Crippen LogP contribution in [0, 0.1) is 5.92 Å². The first kappa shape index (κ1) is 25.6. The standard InChI is InChI=1S/C30H32ClN5O3/c1-35-17-28(33-34-35)25-15-26(25)29-27(30(37)38-2)16-32-36(29)23-7-3-5-20(13-23)21-6-4-8-24(14-21)39-18-19-9-11-22(31)12-10-19/h3-8,13-14,16-17,19,22,25-26H,9-12,15,18H2,1-2H3/t19?,22?,25-,26-/m0/s1. The van der Waals surface area contributed by atoms with E-state index in [1.165, 1.54) is 7.11 Å². The van der Waals surface area contributed by atoms with Gasteiger partial charge in [-0.2, -0.15) is 5.10 Å². The highest BCUT2D eigenvalue weighted by Gasteiger charge is 2.46. The van der Waals surface area contributed by atoms with Crippen LogP contribution in [0.2, 0.25) is 0 Å². The summed E-state index contributed by atoms with van der Waals surface area (Å²) in [6, 6.07) is 16.4. The van der Waals surface area contributed by atoms with Crippen LogP contribution in [-0.2, 0) is 11.8 Å². The fourth-order valence-electron chi connectivity index (χ4n) is 5.63. The molecular weight excluding hydrogens is 514 g/mol. The monoisotopic (exact) mass is 545 g/mol. The summed E-state index contributed by atoms with van der Waals surface area (Å²) in [6.45, 7) is 0.717.